The molecule has 2 aromatic carbocycles. The zero-order valence-electron chi connectivity index (χ0n) is 10.8. The molecular weight excluding hydrogens is 331 g/mol. The standard InChI is InChI=1S/C15H13BrF3N/c1-20-14(10-5-11(16)8-12(17)6-10)7-9-3-2-4-13(18)15(9)19/h2-6,8,14,20H,7H2,1H3. The lowest BCUT2D eigenvalue weighted by molar-refractivity contribution is 0.486. The van der Waals surface area contributed by atoms with E-state index < -0.39 is 11.6 Å². The van der Waals surface area contributed by atoms with Crippen LogP contribution in [0.2, 0.25) is 0 Å². The highest BCUT2D eigenvalue weighted by atomic mass is 79.9. The Morgan fingerprint density at radius 3 is 2.55 bits per heavy atom. The largest absolute Gasteiger partial charge is 0.313 e. The summed E-state index contributed by atoms with van der Waals surface area (Å²) >= 11 is 3.22. The first kappa shape index (κ1) is 15.1. The van der Waals surface area contributed by atoms with E-state index in [-0.39, 0.29) is 23.8 Å². The molecule has 1 N–H and O–H groups in total. The average Bonchev–Trinajstić information content (AvgIpc) is 2.39. The van der Waals surface area contributed by atoms with Gasteiger partial charge in [0.25, 0.3) is 0 Å². The number of rotatable bonds is 4. The lowest BCUT2D eigenvalue weighted by atomic mass is 9.98. The van der Waals surface area contributed by atoms with Gasteiger partial charge >= 0.3 is 0 Å². The highest BCUT2D eigenvalue weighted by Crippen LogP contribution is 2.24. The Morgan fingerprint density at radius 1 is 1.15 bits per heavy atom. The molecule has 0 bridgehead atoms. The van der Waals surface area contributed by atoms with Crippen molar-refractivity contribution in [1.29, 1.82) is 0 Å². The highest BCUT2D eigenvalue weighted by molar-refractivity contribution is 9.10. The Bertz CT molecular complexity index is 596. The van der Waals surface area contributed by atoms with Crippen molar-refractivity contribution in [2.24, 2.45) is 0 Å². The van der Waals surface area contributed by atoms with E-state index in [0.717, 1.165) is 6.07 Å². The molecule has 0 aromatic heterocycles. The third-order valence-corrected chi connectivity index (χ3v) is 3.55. The first-order chi connectivity index (χ1) is 9.51. The molecule has 2 aromatic rings. The van der Waals surface area contributed by atoms with Crippen molar-refractivity contribution < 1.29 is 13.2 Å². The molecule has 5 heteroatoms. The Kier molecular flexibility index (Phi) is 4.83. The summed E-state index contributed by atoms with van der Waals surface area (Å²) in [6, 6.07) is 8.23. The van der Waals surface area contributed by atoms with Crippen LogP contribution in [-0.4, -0.2) is 7.05 Å². The van der Waals surface area contributed by atoms with Crippen LogP contribution < -0.4 is 5.32 Å². The fourth-order valence-corrected chi connectivity index (χ4v) is 2.57. The molecule has 2 rings (SSSR count). The van der Waals surface area contributed by atoms with Gasteiger partial charge in [0.05, 0.1) is 0 Å². The van der Waals surface area contributed by atoms with Gasteiger partial charge in [0.15, 0.2) is 11.6 Å². The van der Waals surface area contributed by atoms with Crippen LogP contribution in [-0.2, 0) is 6.42 Å². The van der Waals surface area contributed by atoms with E-state index in [4.69, 9.17) is 0 Å². The van der Waals surface area contributed by atoms with Crippen LogP contribution in [0.5, 0.6) is 0 Å². The molecule has 0 aliphatic carbocycles. The van der Waals surface area contributed by atoms with Crippen LogP contribution in [0.3, 0.4) is 0 Å². The molecule has 1 unspecified atom stereocenters. The third kappa shape index (κ3) is 3.41. The van der Waals surface area contributed by atoms with Gasteiger partial charge in [-0.05, 0) is 48.9 Å². The van der Waals surface area contributed by atoms with Gasteiger partial charge in [0.1, 0.15) is 5.82 Å². The summed E-state index contributed by atoms with van der Waals surface area (Å²) in [5, 5.41) is 2.99. The van der Waals surface area contributed by atoms with E-state index in [1.165, 1.54) is 24.3 Å². The Hall–Kier alpha value is -1.33. The Morgan fingerprint density at radius 2 is 1.90 bits per heavy atom. The van der Waals surface area contributed by atoms with Crippen molar-refractivity contribution in [2.75, 3.05) is 7.05 Å². The Balaban J connectivity index is 2.31. The van der Waals surface area contributed by atoms with Crippen molar-refractivity contribution in [1.82, 2.24) is 5.32 Å². The van der Waals surface area contributed by atoms with Crippen molar-refractivity contribution in [2.45, 2.75) is 12.5 Å². The SMILES string of the molecule is CNC(Cc1cccc(F)c1F)c1cc(F)cc(Br)c1. The van der Waals surface area contributed by atoms with Crippen LogP contribution in [0.15, 0.2) is 40.9 Å². The quantitative estimate of drug-likeness (QED) is 0.869. The molecular formula is C15H13BrF3N. The fraction of sp³-hybridized carbons (Fsp3) is 0.200. The van der Waals surface area contributed by atoms with Crippen LogP contribution >= 0.6 is 15.9 Å². The number of hydrogen-bond donors (Lipinski definition) is 1. The first-order valence-electron chi connectivity index (χ1n) is 6.07. The second-order valence-electron chi connectivity index (χ2n) is 4.46. The normalized spacial score (nSPS) is 12.4. The molecule has 0 fully saturated rings. The maximum absolute atomic E-state index is 13.7. The van der Waals surface area contributed by atoms with Crippen LogP contribution in [0.4, 0.5) is 13.2 Å². The van der Waals surface area contributed by atoms with Crippen LogP contribution in [0.25, 0.3) is 0 Å². The van der Waals surface area contributed by atoms with E-state index in [9.17, 15) is 13.2 Å². The van der Waals surface area contributed by atoms with Gasteiger partial charge in [-0.2, -0.15) is 0 Å². The van der Waals surface area contributed by atoms with Crippen LogP contribution in [0, 0.1) is 17.5 Å². The third-order valence-electron chi connectivity index (χ3n) is 3.09. The van der Waals surface area contributed by atoms with E-state index in [0.29, 0.717) is 10.0 Å². The lowest BCUT2D eigenvalue weighted by Crippen LogP contribution is -2.19. The predicted molar refractivity (Wildman–Crippen MR) is 76.0 cm³/mol. The molecule has 1 nitrogen and oxygen atoms in total. The Labute approximate surface area is 123 Å². The van der Waals surface area contributed by atoms with E-state index in [1.54, 1.807) is 13.1 Å². The lowest BCUT2D eigenvalue weighted by Gasteiger charge is -2.18. The number of halogens is 4. The molecule has 0 saturated carbocycles. The second kappa shape index (κ2) is 6.41. The van der Waals surface area contributed by atoms with Gasteiger partial charge in [-0.3, -0.25) is 0 Å². The average molecular weight is 344 g/mol. The molecule has 0 aliphatic rings. The number of hydrogen-bond acceptors (Lipinski definition) is 1. The topological polar surface area (TPSA) is 12.0 Å². The molecule has 0 aliphatic heterocycles. The molecule has 0 spiro atoms. The van der Waals surface area contributed by atoms with Gasteiger partial charge in [-0.25, -0.2) is 13.2 Å². The minimum Gasteiger partial charge on any atom is -0.313 e. The van der Waals surface area contributed by atoms with E-state index >= 15 is 0 Å². The summed E-state index contributed by atoms with van der Waals surface area (Å²) in [4.78, 5) is 0. The molecule has 0 saturated heterocycles. The molecule has 20 heavy (non-hydrogen) atoms. The molecule has 0 amide bonds. The maximum atomic E-state index is 13.7. The summed E-state index contributed by atoms with van der Waals surface area (Å²) in [6.07, 6.45) is 0.232. The minimum absolute atomic E-state index is 0.232. The molecule has 1 atom stereocenters. The highest BCUT2D eigenvalue weighted by Gasteiger charge is 2.16. The van der Waals surface area contributed by atoms with Gasteiger partial charge < -0.3 is 5.32 Å². The summed E-state index contributed by atoms with van der Waals surface area (Å²) in [5.74, 6) is -2.12. The number of likely N-dealkylation sites (N-methyl/N-ethyl adjacent to an activating group) is 1. The zero-order chi connectivity index (χ0) is 14.7. The zero-order valence-corrected chi connectivity index (χ0v) is 12.3. The van der Waals surface area contributed by atoms with Gasteiger partial charge in [-0.1, -0.05) is 28.1 Å². The fourth-order valence-electron chi connectivity index (χ4n) is 2.09. The summed E-state index contributed by atoms with van der Waals surface area (Å²) in [5.41, 5.74) is 0.924. The van der Waals surface area contributed by atoms with Crippen molar-refractivity contribution in [3.63, 3.8) is 0 Å². The monoisotopic (exact) mass is 343 g/mol. The van der Waals surface area contributed by atoms with Crippen molar-refractivity contribution >= 4 is 15.9 Å². The predicted octanol–water partition coefficient (Wildman–Crippen LogP) is 4.37. The summed E-state index contributed by atoms with van der Waals surface area (Å²) in [6.45, 7) is 0. The minimum atomic E-state index is -0.877. The van der Waals surface area contributed by atoms with Gasteiger partial charge in [0, 0.05) is 10.5 Å². The maximum Gasteiger partial charge on any atom is 0.162 e. The van der Waals surface area contributed by atoms with E-state index in [2.05, 4.69) is 21.2 Å². The van der Waals surface area contributed by atoms with E-state index in [1.807, 2.05) is 0 Å². The number of nitrogens with one attached hydrogen (secondary N) is 1. The summed E-state index contributed by atoms with van der Waals surface area (Å²) in [7, 11) is 1.70. The van der Waals surface area contributed by atoms with Gasteiger partial charge in [-0.15, -0.1) is 0 Å². The van der Waals surface area contributed by atoms with Crippen LogP contribution in [0.1, 0.15) is 17.2 Å². The van der Waals surface area contributed by atoms with Crippen molar-refractivity contribution in [3.8, 4) is 0 Å². The molecule has 106 valence electrons. The first-order valence-corrected chi connectivity index (χ1v) is 6.86. The molecule has 0 heterocycles. The molecule has 0 radical (unpaired) electrons. The summed E-state index contributed by atoms with van der Waals surface area (Å²) < 4.78 is 40.9. The van der Waals surface area contributed by atoms with Crippen molar-refractivity contribution in [3.05, 3.63) is 69.4 Å². The smallest absolute Gasteiger partial charge is 0.162 e. The number of benzene rings is 2. The second-order valence-corrected chi connectivity index (χ2v) is 5.38. The van der Waals surface area contributed by atoms with Gasteiger partial charge in [0.2, 0.25) is 0 Å².